The number of rotatable bonds is 7. The molecule has 3 heterocycles. The van der Waals surface area contributed by atoms with Gasteiger partial charge in [0.05, 0.1) is 37.8 Å². The largest absolute Gasteiger partial charge is 0.494 e. The molecule has 0 aliphatic rings. The molecule has 160 valence electrons. The number of pyridine rings is 1. The van der Waals surface area contributed by atoms with Crippen molar-refractivity contribution >= 4 is 11.7 Å². The molecule has 30 heavy (non-hydrogen) atoms. The van der Waals surface area contributed by atoms with Crippen molar-refractivity contribution in [2.45, 2.75) is 39.8 Å². The fourth-order valence-electron chi connectivity index (χ4n) is 3.30. The standard InChI is InChI=1S/C21H28N6O3/c1-7-27(21(28)24-13(2)3)14(4)16-10-15(18(29-5)11-23-16)17-12-26-9-8-22-19(26)20(25-17)30-6/h8-14H,7H2,1-6H3,(H,24,28)/t14-/m1/s1. The third kappa shape index (κ3) is 4.14. The highest BCUT2D eigenvalue weighted by Gasteiger charge is 2.23. The number of methoxy groups -OCH3 is 2. The van der Waals surface area contributed by atoms with Gasteiger partial charge in [-0.05, 0) is 33.8 Å². The van der Waals surface area contributed by atoms with Crippen LogP contribution in [0.5, 0.6) is 11.6 Å². The molecule has 0 fully saturated rings. The second kappa shape index (κ2) is 8.98. The molecule has 0 bridgehead atoms. The smallest absolute Gasteiger partial charge is 0.318 e. The molecule has 0 aromatic carbocycles. The number of urea groups is 1. The van der Waals surface area contributed by atoms with Gasteiger partial charge in [-0.2, -0.15) is 0 Å². The molecule has 0 unspecified atom stereocenters. The lowest BCUT2D eigenvalue weighted by Gasteiger charge is -2.29. The molecule has 0 radical (unpaired) electrons. The Hall–Kier alpha value is -3.36. The minimum absolute atomic E-state index is 0.0525. The Bertz CT molecular complexity index is 1030. The Morgan fingerprint density at radius 1 is 1.23 bits per heavy atom. The van der Waals surface area contributed by atoms with Crippen molar-refractivity contribution in [3.63, 3.8) is 0 Å². The lowest BCUT2D eigenvalue weighted by atomic mass is 10.1. The summed E-state index contributed by atoms with van der Waals surface area (Å²) < 4.78 is 12.8. The van der Waals surface area contributed by atoms with Crippen molar-refractivity contribution < 1.29 is 14.3 Å². The molecule has 0 spiro atoms. The van der Waals surface area contributed by atoms with Gasteiger partial charge in [-0.25, -0.2) is 14.8 Å². The van der Waals surface area contributed by atoms with E-state index in [0.717, 1.165) is 11.3 Å². The summed E-state index contributed by atoms with van der Waals surface area (Å²) in [5.74, 6) is 0.993. The summed E-state index contributed by atoms with van der Waals surface area (Å²) in [7, 11) is 3.15. The first kappa shape index (κ1) is 21.4. The molecule has 1 atom stereocenters. The summed E-state index contributed by atoms with van der Waals surface area (Å²) in [5.41, 5.74) is 2.77. The van der Waals surface area contributed by atoms with E-state index in [1.54, 1.807) is 31.5 Å². The lowest BCUT2D eigenvalue weighted by molar-refractivity contribution is 0.179. The fraction of sp³-hybridized carbons (Fsp3) is 0.429. The second-order valence-corrected chi connectivity index (χ2v) is 7.17. The Kier molecular flexibility index (Phi) is 6.39. The lowest BCUT2D eigenvalue weighted by Crippen LogP contribution is -2.44. The monoisotopic (exact) mass is 412 g/mol. The minimum Gasteiger partial charge on any atom is -0.494 e. The van der Waals surface area contributed by atoms with Crippen LogP contribution in [-0.2, 0) is 0 Å². The van der Waals surface area contributed by atoms with Gasteiger partial charge in [-0.15, -0.1) is 0 Å². The van der Waals surface area contributed by atoms with Crippen LogP contribution < -0.4 is 14.8 Å². The maximum atomic E-state index is 12.6. The van der Waals surface area contributed by atoms with Crippen molar-refractivity contribution in [1.29, 1.82) is 0 Å². The van der Waals surface area contributed by atoms with Crippen LogP contribution >= 0.6 is 0 Å². The van der Waals surface area contributed by atoms with E-state index in [2.05, 4.69) is 20.3 Å². The van der Waals surface area contributed by atoms with Gasteiger partial charge < -0.3 is 24.1 Å². The second-order valence-electron chi connectivity index (χ2n) is 7.17. The molecule has 0 aliphatic heterocycles. The first-order chi connectivity index (χ1) is 14.4. The number of carbonyl (C=O) groups is 1. The van der Waals surface area contributed by atoms with E-state index < -0.39 is 0 Å². The van der Waals surface area contributed by atoms with Crippen LogP contribution in [0.25, 0.3) is 16.9 Å². The van der Waals surface area contributed by atoms with Gasteiger partial charge in [-0.1, -0.05) is 0 Å². The Morgan fingerprint density at radius 3 is 2.63 bits per heavy atom. The molecule has 0 aliphatic carbocycles. The number of hydrogen-bond acceptors (Lipinski definition) is 6. The number of carbonyl (C=O) groups excluding carboxylic acids is 1. The molecule has 3 aromatic heterocycles. The van der Waals surface area contributed by atoms with Crippen molar-refractivity contribution in [3.8, 4) is 22.9 Å². The number of imidazole rings is 1. The average Bonchev–Trinajstić information content (AvgIpc) is 3.21. The summed E-state index contributed by atoms with van der Waals surface area (Å²) in [4.78, 5) is 27.8. The Balaban J connectivity index is 2.05. The van der Waals surface area contributed by atoms with Crippen LogP contribution in [-0.4, -0.2) is 57.1 Å². The number of fused-ring (bicyclic) bond motifs is 1. The minimum atomic E-state index is -0.239. The average molecular weight is 412 g/mol. The number of aromatic nitrogens is 4. The van der Waals surface area contributed by atoms with Crippen molar-refractivity contribution in [1.82, 2.24) is 29.6 Å². The molecule has 0 saturated heterocycles. The predicted molar refractivity (Wildman–Crippen MR) is 114 cm³/mol. The molecule has 1 N–H and O–H groups in total. The van der Waals surface area contributed by atoms with E-state index in [-0.39, 0.29) is 18.1 Å². The summed E-state index contributed by atoms with van der Waals surface area (Å²) in [5, 5.41) is 2.94. The van der Waals surface area contributed by atoms with E-state index in [0.29, 0.717) is 29.5 Å². The third-order valence-electron chi connectivity index (χ3n) is 4.83. The van der Waals surface area contributed by atoms with Crippen LogP contribution in [0.4, 0.5) is 4.79 Å². The summed E-state index contributed by atoms with van der Waals surface area (Å²) in [6, 6.07) is 1.59. The van der Waals surface area contributed by atoms with E-state index >= 15 is 0 Å². The zero-order chi connectivity index (χ0) is 21.8. The van der Waals surface area contributed by atoms with Gasteiger partial charge in [0.15, 0.2) is 5.65 Å². The van der Waals surface area contributed by atoms with Crippen LogP contribution in [0, 0.1) is 0 Å². The predicted octanol–water partition coefficient (Wildman–Crippen LogP) is 3.31. The van der Waals surface area contributed by atoms with E-state index in [4.69, 9.17) is 9.47 Å². The Morgan fingerprint density at radius 2 is 2.00 bits per heavy atom. The molecule has 9 nitrogen and oxygen atoms in total. The van der Waals surface area contributed by atoms with E-state index in [9.17, 15) is 4.79 Å². The van der Waals surface area contributed by atoms with Gasteiger partial charge in [0, 0.05) is 36.7 Å². The highest BCUT2D eigenvalue weighted by molar-refractivity contribution is 5.75. The maximum Gasteiger partial charge on any atom is 0.318 e. The Labute approximate surface area is 176 Å². The van der Waals surface area contributed by atoms with Gasteiger partial charge in [0.1, 0.15) is 5.75 Å². The van der Waals surface area contributed by atoms with Gasteiger partial charge in [-0.3, -0.25) is 4.98 Å². The fourth-order valence-corrected chi connectivity index (χ4v) is 3.30. The summed E-state index contributed by atoms with van der Waals surface area (Å²) >= 11 is 0. The molecule has 3 rings (SSSR count). The van der Waals surface area contributed by atoms with Gasteiger partial charge >= 0.3 is 6.03 Å². The van der Waals surface area contributed by atoms with Crippen molar-refractivity contribution in [2.24, 2.45) is 0 Å². The van der Waals surface area contributed by atoms with Crippen LogP contribution in [0.3, 0.4) is 0 Å². The molecular weight excluding hydrogens is 384 g/mol. The third-order valence-corrected chi connectivity index (χ3v) is 4.83. The van der Waals surface area contributed by atoms with Gasteiger partial charge in [0.25, 0.3) is 5.88 Å². The maximum absolute atomic E-state index is 12.6. The quantitative estimate of drug-likeness (QED) is 0.640. The molecule has 2 amide bonds. The van der Waals surface area contributed by atoms with Crippen molar-refractivity contribution in [3.05, 3.63) is 36.5 Å². The number of hydrogen-bond donors (Lipinski definition) is 1. The number of nitrogens with one attached hydrogen (secondary N) is 1. The zero-order valence-corrected chi connectivity index (χ0v) is 18.2. The number of amides is 2. The van der Waals surface area contributed by atoms with Crippen LogP contribution in [0.15, 0.2) is 30.9 Å². The molecular formula is C21H28N6O3. The molecule has 0 saturated carbocycles. The summed E-state index contributed by atoms with van der Waals surface area (Å²) in [6.45, 7) is 8.32. The summed E-state index contributed by atoms with van der Waals surface area (Å²) in [6.07, 6.45) is 7.03. The van der Waals surface area contributed by atoms with Gasteiger partial charge in [0.2, 0.25) is 0 Å². The SMILES string of the molecule is CCN(C(=O)NC(C)C)[C@H](C)c1cc(-c2cn3ccnc3c(OC)n2)c(OC)cn1. The number of ether oxygens (including phenoxy) is 2. The van der Waals surface area contributed by atoms with E-state index in [1.807, 2.05) is 50.6 Å². The first-order valence-corrected chi connectivity index (χ1v) is 9.88. The highest BCUT2D eigenvalue weighted by atomic mass is 16.5. The normalized spacial score (nSPS) is 12.1. The van der Waals surface area contributed by atoms with Crippen LogP contribution in [0.1, 0.15) is 39.4 Å². The van der Waals surface area contributed by atoms with E-state index in [1.165, 1.54) is 0 Å². The number of nitrogens with zero attached hydrogens (tertiary/aromatic N) is 5. The topological polar surface area (TPSA) is 93.9 Å². The first-order valence-electron chi connectivity index (χ1n) is 9.88. The highest BCUT2D eigenvalue weighted by Crippen LogP contribution is 2.33. The zero-order valence-electron chi connectivity index (χ0n) is 18.2. The van der Waals surface area contributed by atoms with Crippen molar-refractivity contribution in [2.75, 3.05) is 20.8 Å². The molecule has 3 aromatic rings. The van der Waals surface area contributed by atoms with Crippen LogP contribution in [0.2, 0.25) is 0 Å². The molecule has 9 heteroatoms.